The molecule has 0 atom stereocenters. The number of aromatic nitrogens is 2. The average Bonchev–Trinajstić information content (AvgIpc) is 2.88. The maximum Gasteiger partial charge on any atom is 0.317 e. The number of rotatable bonds is 7. The molecule has 0 spiro atoms. The number of carboxylic acids is 1. The van der Waals surface area contributed by atoms with E-state index < -0.39 is 5.97 Å². The van der Waals surface area contributed by atoms with Gasteiger partial charge in [0.1, 0.15) is 0 Å². The molecular formula is C15H23N3O2. The first kappa shape index (κ1) is 14.8. The smallest absolute Gasteiger partial charge is 0.317 e. The standard InChI is InChI=1S/C15H23N3O2/c1-2-9-17(12-15(19)20)11-13-8-10-18(16-13)14-6-4-3-5-7-14/h2,8,10,14H,1,3-7,9,11-12H2,(H,19,20). The summed E-state index contributed by atoms with van der Waals surface area (Å²) >= 11 is 0. The van der Waals surface area contributed by atoms with Crippen LogP contribution in [-0.2, 0) is 11.3 Å². The molecule has 0 bridgehead atoms. The highest BCUT2D eigenvalue weighted by molar-refractivity contribution is 5.69. The van der Waals surface area contributed by atoms with Crippen LogP contribution >= 0.6 is 0 Å². The van der Waals surface area contributed by atoms with E-state index in [0.717, 1.165) is 5.69 Å². The highest BCUT2D eigenvalue weighted by atomic mass is 16.4. The Kier molecular flexibility index (Phi) is 5.35. The van der Waals surface area contributed by atoms with Crippen molar-refractivity contribution in [3.05, 3.63) is 30.6 Å². The molecule has 5 nitrogen and oxygen atoms in total. The Morgan fingerprint density at radius 3 is 2.90 bits per heavy atom. The molecule has 1 aromatic heterocycles. The molecule has 1 aromatic rings. The number of aliphatic carboxylic acids is 1. The topological polar surface area (TPSA) is 58.4 Å². The van der Waals surface area contributed by atoms with Crippen molar-refractivity contribution in [2.45, 2.75) is 44.7 Å². The summed E-state index contributed by atoms with van der Waals surface area (Å²) in [6.07, 6.45) is 10.0. The van der Waals surface area contributed by atoms with Gasteiger partial charge in [0.15, 0.2) is 0 Å². The number of nitrogens with zero attached hydrogens (tertiary/aromatic N) is 3. The summed E-state index contributed by atoms with van der Waals surface area (Å²) in [6.45, 7) is 4.80. The molecule has 0 aliphatic heterocycles. The van der Waals surface area contributed by atoms with Gasteiger partial charge < -0.3 is 5.11 Å². The SMILES string of the molecule is C=CCN(CC(=O)O)Cc1ccn(C2CCCCC2)n1. The monoisotopic (exact) mass is 277 g/mol. The second kappa shape index (κ2) is 7.24. The molecule has 20 heavy (non-hydrogen) atoms. The minimum Gasteiger partial charge on any atom is -0.480 e. The van der Waals surface area contributed by atoms with E-state index in [1.54, 1.807) is 6.08 Å². The highest BCUT2D eigenvalue weighted by Crippen LogP contribution is 2.27. The fourth-order valence-corrected chi connectivity index (χ4v) is 2.80. The first-order chi connectivity index (χ1) is 9.69. The molecule has 110 valence electrons. The first-order valence-corrected chi connectivity index (χ1v) is 7.28. The van der Waals surface area contributed by atoms with E-state index in [-0.39, 0.29) is 6.54 Å². The first-order valence-electron chi connectivity index (χ1n) is 7.28. The van der Waals surface area contributed by atoms with Crippen LogP contribution in [-0.4, -0.2) is 38.8 Å². The maximum absolute atomic E-state index is 10.8. The summed E-state index contributed by atoms with van der Waals surface area (Å²) in [7, 11) is 0. The summed E-state index contributed by atoms with van der Waals surface area (Å²) < 4.78 is 2.06. The molecule has 1 heterocycles. The zero-order chi connectivity index (χ0) is 14.4. The van der Waals surface area contributed by atoms with Crippen LogP contribution in [0.3, 0.4) is 0 Å². The van der Waals surface area contributed by atoms with Gasteiger partial charge in [0, 0.05) is 19.3 Å². The molecule has 1 fully saturated rings. The predicted molar refractivity (Wildman–Crippen MR) is 77.5 cm³/mol. The van der Waals surface area contributed by atoms with Gasteiger partial charge in [-0.2, -0.15) is 5.10 Å². The lowest BCUT2D eigenvalue weighted by Gasteiger charge is -2.22. The predicted octanol–water partition coefficient (Wildman–Crippen LogP) is 2.46. The van der Waals surface area contributed by atoms with Crippen molar-refractivity contribution in [3.63, 3.8) is 0 Å². The van der Waals surface area contributed by atoms with E-state index in [4.69, 9.17) is 5.11 Å². The van der Waals surface area contributed by atoms with Crippen LogP contribution < -0.4 is 0 Å². The molecule has 1 N–H and O–H groups in total. The van der Waals surface area contributed by atoms with Crippen molar-refractivity contribution >= 4 is 5.97 Å². The van der Waals surface area contributed by atoms with Crippen LogP contribution in [0.2, 0.25) is 0 Å². The second-order valence-electron chi connectivity index (χ2n) is 5.43. The molecule has 2 rings (SSSR count). The lowest BCUT2D eigenvalue weighted by atomic mass is 9.96. The van der Waals surface area contributed by atoms with E-state index in [0.29, 0.717) is 19.1 Å². The average molecular weight is 277 g/mol. The Balaban J connectivity index is 1.96. The number of hydrogen-bond acceptors (Lipinski definition) is 3. The van der Waals surface area contributed by atoms with E-state index in [1.165, 1.54) is 32.1 Å². The minimum atomic E-state index is -0.821. The number of hydrogen-bond donors (Lipinski definition) is 1. The van der Waals surface area contributed by atoms with Crippen molar-refractivity contribution in [2.24, 2.45) is 0 Å². The molecule has 0 saturated heterocycles. The largest absolute Gasteiger partial charge is 0.480 e. The Bertz CT molecular complexity index is 450. The van der Waals surface area contributed by atoms with Gasteiger partial charge in [-0.25, -0.2) is 0 Å². The van der Waals surface area contributed by atoms with Gasteiger partial charge in [0.2, 0.25) is 0 Å². The fourth-order valence-electron chi connectivity index (χ4n) is 2.80. The molecule has 0 unspecified atom stereocenters. The summed E-state index contributed by atoms with van der Waals surface area (Å²) in [5, 5.41) is 13.5. The van der Waals surface area contributed by atoms with Crippen molar-refractivity contribution < 1.29 is 9.90 Å². The molecule has 0 radical (unpaired) electrons. The molecule has 0 amide bonds. The third-order valence-electron chi connectivity index (χ3n) is 3.74. The molecule has 5 heteroatoms. The minimum absolute atomic E-state index is 0.0162. The van der Waals surface area contributed by atoms with Gasteiger partial charge in [0.05, 0.1) is 18.3 Å². The van der Waals surface area contributed by atoms with Gasteiger partial charge in [-0.05, 0) is 18.9 Å². The zero-order valence-corrected chi connectivity index (χ0v) is 11.9. The van der Waals surface area contributed by atoms with Crippen molar-refractivity contribution in [1.82, 2.24) is 14.7 Å². The molecular weight excluding hydrogens is 254 g/mol. The van der Waals surface area contributed by atoms with Crippen LogP contribution in [0, 0.1) is 0 Å². The lowest BCUT2D eigenvalue weighted by Crippen LogP contribution is -2.29. The molecule has 1 saturated carbocycles. The Hall–Kier alpha value is -1.62. The van der Waals surface area contributed by atoms with Gasteiger partial charge in [0.25, 0.3) is 0 Å². The Morgan fingerprint density at radius 2 is 2.25 bits per heavy atom. The zero-order valence-electron chi connectivity index (χ0n) is 11.9. The van der Waals surface area contributed by atoms with Gasteiger partial charge in [-0.15, -0.1) is 6.58 Å². The molecule has 1 aliphatic carbocycles. The van der Waals surface area contributed by atoms with E-state index in [1.807, 2.05) is 17.2 Å². The van der Waals surface area contributed by atoms with Crippen molar-refractivity contribution in [3.8, 4) is 0 Å². The van der Waals surface area contributed by atoms with Crippen molar-refractivity contribution in [1.29, 1.82) is 0 Å². The second-order valence-corrected chi connectivity index (χ2v) is 5.43. The third-order valence-corrected chi connectivity index (χ3v) is 3.74. The number of carbonyl (C=O) groups is 1. The van der Waals surface area contributed by atoms with E-state index in [2.05, 4.69) is 16.4 Å². The Labute approximate surface area is 119 Å². The normalized spacial score (nSPS) is 16.4. The summed E-state index contributed by atoms with van der Waals surface area (Å²) in [5.41, 5.74) is 0.929. The highest BCUT2D eigenvalue weighted by Gasteiger charge is 2.17. The van der Waals surface area contributed by atoms with Gasteiger partial charge >= 0.3 is 5.97 Å². The molecule has 0 aromatic carbocycles. The Morgan fingerprint density at radius 1 is 1.50 bits per heavy atom. The van der Waals surface area contributed by atoms with E-state index >= 15 is 0 Å². The van der Waals surface area contributed by atoms with Crippen molar-refractivity contribution in [2.75, 3.05) is 13.1 Å². The van der Waals surface area contributed by atoms with Gasteiger partial charge in [-0.1, -0.05) is 25.3 Å². The van der Waals surface area contributed by atoms with Crippen LogP contribution in [0.5, 0.6) is 0 Å². The molecule has 1 aliphatic rings. The third kappa shape index (κ3) is 4.20. The van der Waals surface area contributed by atoms with Crippen LogP contribution in [0.1, 0.15) is 43.8 Å². The summed E-state index contributed by atoms with van der Waals surface area (Å²) in [4.78, 5) is 12.6. The summed E-state index contributed by atoms with van der Waals surface area (Å²) in [5.74, 6) is -0.821. The fraction of sp³-hybridized carbons (Fsp3) is 0.600. The quantitative estimate of drug-likeness (QED) is 0.778. The van der Waals surface area contributed by atoms with E-state index in [9.17, 15) is 4.79 Å². The van der Waals surface area contributed by atoms with Crippen LogP contribution in [0.15, 0.2) is 24.9 Å². The van der Waals surface area contributed by atoms with Gasteiger partial charge in [-0.3, -0.25) is 14.4 Å². The van der Waals surface area contributed by atoms with Crippen LogP contribution in [0.4, 0.5) is 0 Å². The van der Waals surface area contributed by atoms with Crippen LogP contribution in [0.25, 0.3) is 0 Å². The number of carboxylic acid groups (broad SMARTS) is 1. The summed E-state index contributed by atoms with van der Waals surface area (Å²) in [6, 6.07) is 2.51. The lowest BCUT2D eigenvalue weighted by molar-refractivity contribution is -0.138. The maximum atomic E-state index is 10.8.